The quantitative estimate of drug-likeness (QED) is 0.603. The SMILES string of the molecule is CC(C)(C)OC(=O)N1CCC(NC(=O)[C@H]2CC[C@@H](OCCCF)CC2)(C(N)=O)CC1. The van der Waals surface area contributed by atoms with Crippen LogP contribution in [0.1, 0.15) is 65.7 Å². The molecule has 172 valence electrons. The molecule has 1 saturated carbocycles. The third kappa shape index (κ3) is 6.82. The van der Waals surface area contributed by atoms with E-state index in [4.69, 9.17) is 15.2 Å². The minimum atomic E-state index is -1.15. The standard InChI is InChI=1S/C21H36FN3O5/c1-20(2,3)30-19(28)25-12-9-21(10-13-25,18(23)27)24-17(26)15-5-7-16(8-6-15)29-14-4-11-22/h15-16H,4-14H2,1-3H3,(H2,23,27)(H,24,26)/t15-,16+. The Labute approximate surface area is 178 Å². The Hall–Kier alpha value is -1.90. The number of alkyl halides is 1. The Morgan fingerprint density at radius 3 is 2.23 bits per heavy atom. The van der Waals surface area contributed by atoms with Crippen LogP contribution in [0.15, 0.2) is 0 Å². The number of hydrogen-bond donors (Lipinski definition) is 2. The maximum atomic E-state index is 12.8. The number of likely N-dealkylation sites (tertiary alicyclic amines) is 1. The molecular formula is C21H36FN3O5. The number of hydrogen-bond acceptors (Lipinski definition) is 5. The van der Waals surface area contributed by atoms with Gasteiger partial charge in [-0.05, 0) is 65.7 Å². The second-order valence-corrected chi connectivity index (χ2v) is 9.29. The summed E-state index contributed by atoms with van der Waals surface area (Å²) in [5, 5.41) is 2.89. The van der Waals surface area contributed by atoms with E-state index in [1.807, 2.05) is 0 Å². The number of carbonyl (C=O) groups excluding carboxylic acids is 3. The first kappa shape index (κ1) is 24.4. The molecule has 30 heavy (non-hydrogen) atoms. The van der Waals surface area contributed by atoms with Gasteiger partial charge in [-0.3, -0.25) is 14.0 Å². The smallest absolute Gasteiger partial charge is 0.410 e. The Bertz CT molecular complexity index is 606. The van der Waals surface area contributed by atoms with Crippen molar-refractivity contribution in [2.24, 2.45) is 11.7 Å². The Kier molecular flexibility index (Phi) is 8.46. The first-order valence-corrected chi connectivity index (χ1v) is 10.8. The molecule has 0 radical (unpaired) electrons. The van der Waals surface area contributed by atoms with Crippen molar-refractivity contribution in [3.05, 3.63) is 0 Å². The molecule has 0 atom stereocenters. The van der Waals surface area contributed by atoms with Gasteiger partial charge in [-0.15, -0.1) is 0 Å². The molecule has 3 N–H and O–H groups in total. The van der Waals surface area contributed by atoms with Crippen LogP contribution in [0.25, 0.3) is 0 Å². The van der Waals surface area contributed by atoms with Crippen molar-refractivity contribution in [3.63, 3.8) is 0 Å². The number of nitrogens with one attached hydrogen (secondary N) is 1. The van der Waals surface area contributed by atoms with Crippen molar-refractivity contribution in [1.29, 1.82) is 0 Å². The van der Waals surface area contributed by atoms with Crippen molar-refractivity contribution in [3.8, 4) is 0 Å². The molecule has 0 bridgehead atoms. The summed E-state index contributed by atoms with van der Waals surface area (Å²) in [6, 6.07) is 0. The van der Waals surface area contributed by atoms with Gasteiger partial charge in [-0.2, -0.15) is 0 Å². The zero-order chi connectivity index (χ0) is 22.4. The monoisotopic (exact) mass is 429 g/mol. The third-order valence-electron chi connectivity index (χ3n) is 5.78. The zero-order valence-corrected chi connectivity index (χ0v) is 18.4. The Balaban J connectivity index is 1.87. The summed E-state index contributed by atoms with van der Waals surface area (Å²) in [4.78, 5) is 38.8. The number of piperidine rings is 1. The lowest BCUT2D eigenvalue weighted by atomic mass is 9.83. The second-order valence-electron chi connectivity index (χ2n) is 9.29. The molecule has 1 heterocycles. The first-order chi connectivity index (χ1) is 14.1. The molecule has 1 saturated heterocycles. The van der Waals surface area contributed by atoms with Crippen molar-refractivity contribution in [2.45, 2.75) is 83.0 Å². The second kappa shape index (κ2) is 10.4. The zero-order valence-electron chi connectivity index (χ0n) is 18.4. The van der Waals surface area contributed by atoms with E-state index in [0.717, 1.165) is 12.8 Å². The average Bonchev–Trinajstić information content (AvgIpc) is 2.67. The molecule has 8 nitrogen and oxygen atoms in total. The van der Waals surface area contributed by atoms with Crippen molar-refractivity contribution in [1.82, 2.24) is 10.2 Å². The van der Waals surface area contributed by atoms with E-state index in [2.05, 4.69) is 5.32 Å². The summed E-state index contributed by atoms with van der Waals surface area (Å²) in [7, 11) is 0. The molecule has 3 amide bonds. The maximum Gasteiger partial charge on any atom is 0.410 e. The van der Waals surface area contributed by atoms with Gasteiger partial charge >= 0.3 is 6.09 Å². The predicted molar refractivity (Wildman–Crippen MR) is 109 cm³/mol. The third-order valence-corrected chi connectivity index (χ3v) is 5.78. The molecule has 0 aromatic heterocycles. The van der Waals surface area contributed by atoms with Gasteiger partial charge < -0.3 is 25.4 Å². The molecule has 0 unspecified atom stereocenters. The molecule has 2 aliphatic rings. The van der Waals surface area contributed by atoms with Crippen LogP contribution in [-0.4, -0.2) is 66.4 Å². The van der Waals surface area contributed by atoms with E-state index in [1.54, 1.807) is 25.7 Å². The summed E-state index contributed by atoms with van der Waals surface area (Å²) in [6.45, 7) is 5.96. The summed E-state index contributed by atoms with van der Waals surface area (Å²) in [5.41, 5.74) is 3.91. The number of nitrogens with two attached hydrogens (primary N) is 1. The van der Waals surface area contributed by atoms with Crippen molar-refractivity contribution in [2.75, 3.05) is 26.4 Å². The van der Waals surface area contributed by atoms with Crippen LogP contribution in [0.3, 0.4) is 0 Å². The van der Waals surface area contributed by atoms with Gasteiger partial charge in [0.2, 0.25) is 11.8 Å². The van der Waals surface area contributed by atoms with E-state index in [0.29, 0.717) is 25.9 Å². The van der Waals surface area contributed by atoms with Gasteiger partial charge in [-0.25, -0.2) is 4.79 Å². The van der Waals surface area contributed by atoms with Crippen LogP contribution in [0.5, 0.6) is 0 Å². The van der Waals surface area contributed by atoms with E-state index >= 15 is 0 Å². The van der Waals surface area contributed by atoms with Crippen LogP contribution < -0.4 is 11.1 Å². The maximum absolute atomic E-state index is 12.8. The van der Waals surface area contributed by atoms with Gasteiger partial charge in [0.05, 0.1) is 12.8 Å². The number of amides is 3. The lowest BCUT2D eigenvalue weighted by molar-refractivity contribution is -0.136. The molecule has 0 spiro atoms. The number of nitrogens with zero attached hydrogens (tertiary/aromatic N) is 1. The highest BCUT2D eigenvalue weighted by atomic mass is 19.1. The fraction of sp³-hybridized carbons (Fsp3) is 0.857. The molecule has 0 aromatic carbocycles. The van der Waals surface area contributed by atoms with Crippen LogP contribution in [0.2, 0.25) is 0 Å². The summed E-state index contributed by atoms with van der Waals surface area (Å²) in [6.07, 6.45) is 3.32. The number of halogens is 1. The highest BCUT2D eigenvalue weighted by molar-refractivity contribution is 5.91. The molecule has 9 heteroatoms. The number of rotatable bonds is 7. The van der Waals surface area contributed by atoms with Crippen LogP contribution in [-0.2, 0) is 19.1 Å². The van der Waals surface area contributed by atoms with E-state index in [-0.39, 0.29) is 43.9 Å². The molecular weight excluding hydrogens is 393 g/mol. The minimum Gasteiger partial charge on any atom is -0.444 e. The minimum absolute atomic E-state index is 0.0581. The van der Waals surface area contributed by atoms with E-state index < -0.39 is 29.8 Å². The summed E-state index contributed by atoms with van der Waals surface area (Å²) >= 11 is 0. The summed E-state index contributed by atoms with van der Waals surface area (Å²) < 4.78 is 23.2. The number of ether oxygens (including phenoxy) is 2. The van der Waals surface area contributed by atoms with Crippen LogP contribution in [0.4, 0.5) is 9.18 Å². The molecule has 0 aromatic rings. The first-order valence-electron chi connectivity index (χ1n) is 10.8. The van der Waals surface area contributed by atoms with Gasteiger partial charge in [0.25, 0.3) is 0 Å². The lowest BCUT2D eigenvalue weighted by Gasteiger charge is -2.41. The topological polar surface area (TPSA) is 111 Å². The molecule has 2 fully saturated rings. The highest BCUT2D eigenvalue weighted by Gasteiger charge is 2.44. The predicted octanol–water partition coefficient (Wildman–Crippen LogP) is 2.29. The van der Waals surface area contributed by atoms with Gasteiger partial charge in [0.1, 0.15) is 11.1 Å². The normalized spacial score (nSPS) is 24.2. The van der Waals surface area contributed by atoms with E-state index in [9.17, 15) is 18.8 Å². The molecule has 2 rings (SSSR count). The van der Waals surface area contributed by atoms with Crippen LogP contribution >= 0.6 is 0 Å². The van der Waals surface area contributed by atoms with Crippen molar-refractivity contribution < 1.29 is 28.2 Å². The van der Waals surface area contributed by atoms with Crippen LogP contribution in [0, 0.1) is 5.92 Å². The van der Waals surface area contributed by atoms with E-state index in [1.165, 1.54) is 0 Å². The highest BCUT2D eigenvalue weighted by Crippen LogP contribution is 2.29. The lowest BCUT2D eigenvalue weighted by Crippen LogP contribution is -2.63. The number of primary amides is 1. The fourth-order valence-electron chi connectivity index (χ4n) is 3.96. The fourth-order valence-corrected chi connectivity index (χ4v) is 3.96. The van der Waals surface area contributed by atoms with Gasteiger partial charge in [-0.1, -0.05) is 0 Å². The molecule has 1 aliphatic heterocycles. The number of carbonyl (C=O) groups is 3. The van der Waals surface area contributed by atoms with Gasteiger partial charge in [0, 0.05) is 25.6 Å². The van der Waals surface area contributed by atoms with Crippen molar-refractivity contribution >= 4 is 17.9 Å². The Morgan fingerprint density at radius 2 is 1.73 bits per heavy atom. The Morgan fingerprint density at radius 1 is 1.13 bits per heavy atom. The molecule has 1 aliphatic carbocycles. The summed E-state index contributed by atoms with van der Waals surface area (Å²) in [5.74, 6) is -0.962. The van der Waals surface area contributed by atoms with Gasteiger partial charge in [0.15, 0.2) is 0 Å². The average molecular weight is 430 g/mol. The largest absolute Gasteiger partial charge is 0.444 e.